The van der Waals surface area contributed by atoms with Gasteiger partial charge in [-0.1, -0.05) is 6.92 Å². The van der Waals surface area contributed by atoms with Crippen molar-refractivity contribution in [2.24, 2.45) is 0 Å². The standard InChI is InChI=1S/C10H12O5S.Na/c1-2-3-10(11)15-8-4-6-9(7-5-8)16(12,13)14;/h4-7H,2-3H2,1H3,(H,12,13,14);/q;+1/p-1. The van der Waals surface area contributed by atoms with Gasteiger partial charge in [-0.3, -0.25) is 4.79 Å². The molecule has 88 valence electrons. The number of benzene rings is 1. The van der Waals surface area contributed by atoms with E-state index in [1.165, 1.54) is 12.1 Å². The van der Waals surface area contributed by atoms with Gasteiger partial charge in [-0.25, -0.2) is 8.42 Å². The average Bonchev–Trinajstić information content (AvgIpc) is 2.17. The van der Waals surface area contributed by atoms with Crippen molar-refractivity contribution in [2.45, 2.75) is 24.7 Å². The number of rotatable bonds is 4. The molecule has 0 spiro atoms. The van der Waals surface area contributed by atoms with Gasteiger partial charge in [0, 0.05) is 6.42 Å². The molecule has 0 radical (unpaired) electrons. The Morgan fingerprint density at radius 3 is 2.24 bits per heavy atom. The fraction of sp³-hybridized carbons (Fsp3) is 0.300. The van der Waals surface area contributed by atoms with Gasteiger partial charge in [0.15, 0.2) is 0 Å². The summed E-state index contributed by atoms with van der Waals surface area (Å²) in [4.78, 5) is 10.7. The topological polar surface area (TPSA) is 83.5 Å². The monoisotopic (exact) mass is 266 g/mol. The summed E-state index contributed by atoms with van der Waals surface area (Å²) in [6, 6.07) is 4.77. The van der Waals surface area contributed by atoms with Gasteiger partial charge in [-0.15, -0.1) is 0 Å². The van der Waals surface area contributed by atoms with Crippen molar-refractivity contribution in [1.82, 2.24) is 0 Å². The molecule has 0 aromatic heterocycles. The largest absolute Gasteiger partial charge is 1.00 e. The van der Waals surface area contributed by atoms with Crippen LogP contribution in [0.3, 0.4) is 0 Å². The molecule has 17 heavy (non-hydrogen) atoms. The van der Waals surface area contributed by atoms with Crippen LogP contribution in [0.4, 0.5) is 0 Å². The van der Waals surface area contributed by atoms with Crippen LogP contribution in [-0.4, -0.2) is 18.9 Å². The van der Waals surface area contributed by atoms with Crippen molar-refractivity contribution in [2.75, 3.05) is 0 Å². The van der Waals surface area contributed by atoms with E-state index in [4.69, 9.17) is 4.74 Å². The number of carbonyl (C=O) groups is 1. The zero-order chi connectivity index (χ0) is 12.2. The SMILES string of the molecule is CCCC(=O)Oc1ccc(S(=O)(=O)[O-])cc1.[Na+]. The van der Waals surface area contributed by atoms with Crippen molar-refractivity contribution in [3.63, 3.8) is 0 Å². The van der Waals surface area contributed by atoms with E-state index in [1.54, 1.807) is 0 Å². The van der Waals surface area contributed by atoms with Crippen LogP contribution in [0, 0.1) is 0 Å². The normalized spacial score (nSPS) is 10.5. The first-order valence-electron chi connectivity index (χ1n) is 4.70. The number of ether oxygens (including phenoxy) is 1. The van der Waals surface area contributed by atoms with Crippen LogP contribution in [-0.2, 0) is 14.9 Å². The van der Waals surface area contributed by atoms with Crippen LogP contribution in [0.1, 0.15) is 19.8 Å². The van der Waals surface area contributed by atoms with Gasteiger partial charge < -0.3 is 9.29 Å². The van der Waals surface area contributed by atoms with Crippen LogP contribution >= 0.6 is 0 Å². The maximum absolute atomic E-state index is 11.1. The molecule has 0 unspecified atom stereocenters. The Morgan fingerprint density at radius 2 is 1.82 bits per heavy atom. The second kappa shape index (κ2) is 7.13. The van der Waals surface area contributed by atoms with Gasteiger partial charge in [0.1, 0.15) is 15.9 Å². The van der Waals surface area contributed by atoms with E-state index in [-0.39, 0.29) is 46.2 Å². The quantitative estimate of drug-likeness (QED) is 0.281. The van der Waals surface area contributed by atoms with Gasteiger partial charge in [-0.05, 0) is 30.7 Å². The second-order valence-corrected chi connectivity index (χ2v) is 4.53. The summed E-state index contributed by atoms with van der Waals surface area (Å²) in [5.41, 5.74) is 0. The molecule has 7 heteroatoms. The zero-order valence-corrected chi connectivity index (χ0v) is 12.5. The van der Waals surface area contributed by atoms with E-state index in [9.17, 15) is 17.8 Å². The summed E-state index contributed by atoms with van der Waals surface area (Å²) >= 11 is 0. The fourth-order valence-corrected chi connectivity index (χ4v) is 1.53. The minimum atomic E-state index is -4.45. The first-order valence-corrected chi connectivity index (χ1v) is 6.11. The van der Waals surface area contributed by atoms with Gasteiger partial charge in [-0.2, -0.15) is 0 Å². The molecule has 0 saturated heterocycles. The minimum absolute atomic E-state index is 0. The Kier molecular flexibility index (Phi) is 6.96. The molecule has 0 aliphatic carbocycles. The first kappa shape index (κ1) is 16.6. The van der Waals surface area contributed by atoms with Gasteiger partial charge in [0.25, 0.3) is 0 Å². The Labute approximate surface area is 122 Å². The summed E-state index contributed by atoms with van der Waals surface area (Å²) in [6.45, 7) is 1.84. The smallest absolute Gasteiger partial charge is 0.744 e. The van der Waals surface area contributed by atoms with Crippen molar-refractivity contribution in [3.8, 4) is 5.75 Å². The summed E-state index contributed by atoms with van der Waals surface area (Å²) in [5, 5.41) is 0. The Bertz CT molecular complexity index is 466. The van der Waals surface area contributed by atoms with E-state index >= 15 is 0 Å². The maximum atomic E-state index is 11.1. The number of esters is 1. The molecule has 0 bridgehead atoms. The summed E-state index contributed by atoms with van der Waals surface area (Å²) in [6.07, 6.45) is 0.966. The van der Waals surface area contributed by atoms with Crippen molar-refractivity contribution < 1.29 is 52.1 Å². The number of hydrogen-bond acceptors (Lipinski definition) is 5. The minimum Gasteiger partial charge on any atom is -0.744 e. The van der Waals surface area contributed by atoms with E-state index in [0.717, 1.165) is 12.1 Å². The molecule has 1 rings (SSSR count). The van der Waals surface area contributed by atoms with Gasteiger partial charge in [0.2, 0.25) is 0 Å². The van der Waals surface area contributed by atoms with E-state index in [0.29, 0.717) is 12.8 Å². The molecule has 5 nitrogen and oxygen atoms in total. The Balaban J connectivity index is 0.00000256. The third-order valence-electron chi connectivity index (χ3n) is 1.80. The summed E-state index contributed by atoms with van der Waals surface area (Å²) < 4.78 is 36.7. The van der Waals surface area contributed by atoms with E-state index in [2.05, 4.69) is 0 Å². The molecule has 0 saturated carbocycles. The molecule has 0 aliphatic rings. The third-order valence-corrected chi connectivity index (χ3v) is 2.65. The van der Waals surface area contributed by atoms with Crippen LogP contribution in [0.25, 0.3) is 0 Å². The molecule has 0 heterocycles. The number of carbonyl (C=O) groups excluding carboxylic acids is 1. The summed E-state index contributed by atoms with van der Waals surface area (Å²) in [5.74, 6) is -0.161. The van der Waals surface area contributed by atoms with Crippen molar-refractivity contribution in [1.29, 1.82) is 0 Å². The maximum Gasteiger partial charge on any atom is 1.00 e. The average molecular weight is 266 g/mol. The van der Waals surface area contributed by atoms with Crippen molar-refractivity contribution in [3.05, 3.63) is 24.3 Å². The van der Waals surface area contributed by atoms with Gasteiger partial charge in [0.05, 0.1) is 4.90 Å². The number of hydrogen-bond donors (Lipinski definition) is 0. The molecular formula is C10H11NaO5S. The van der Waals surface area contributed by atoms with E-state index < -0.39 is 10.1 Å². The summed E-state index contributed by atoms with van der Waals surface area (Å²) in [7, 11) is -4.45. The molecule has 1 aromatic carbocycles. The van der Waals surface area contributed by atoms with Crippen LogP contribution in [0.15, 0.2) is 29.2 Å². The predicted octanol–water partition coefficient (Wildman–Crippen LogP) is -1.70. The Morgan fingerprint density at radius 1 is 1.29 bits per heavy atom. The molecule has 0 atom stereocenters. The van der Waals surface area contributed by atoms with Gasteiger partial charge >= 0.3 is 35.5 Å². The fourth-order valence-electron chi connectivity index (χ4n) is 1.06. The first-order chi connectivity index (χ1) is 7.43. The molecule has 0 N–H and O–H groups in total. The van der Waals surface area contributed by atoms with Crippen molar-refractivity contribution >= 4 is 16.1 Å². The Hall–Kier alpha value is -0.400. The molecule has 1 aromatic rings. The van der Waals surface area contributed by atoms with Crippen LogP contribution < -0.4 is 34.3 Å². The third kappa shape index (κ3) is 5.65. The van der Waals surface area contributed by atoms with E-state index in [1.807, 2.05) is 6.92 Å². The zero-order valence-electron chi connectivity index (χ0n) is 9.67. The molecular weight excluding hydrogens is 255 g/mol. The van der Waals surface area contributed by atoms with Crippen LogP contribution in [0.2, 0.25) is 0 Å². The molecule has 0 aliphatic heterocycles. The molecule has 0 fully saturated rings. The molecule has 0 amide bonds. The van der Waals surface area contributed by atoms with Crippen LogP contribution in [0.5, 0.6) is 5.75 Å². The second-order valence-electron chi connectivity index (χ2n) is 3.15. The predicted molar refractivity (Wildman–Crippen MR) is 54.9 cm³/mol.